The lowest BCUT2D eigenvalue weighted by molar-refractivity contribution is 0.669. The molecule has 4 heterocycles. The van der Waals surface area contributed by atoms with E-state index < -0.39 is 0 Å². The number of para-hydroxylation sites is 4. The summed E-state index contributed by atoms with van der Waals surface area (Å²) in [5.74, 6) is 3.53. The fourth-order valence-electron chi connectivity index (χ4n) is 15.4. The van der Waals surface area contributed by atoms with Gasteiger partial charge in [-0.25, -0.2) is 29.9 Å². The second-order valence-corrected chi connectivity index (χ2v) is 26.7. The highest BCUT2D eigenvalue weighted by Gasteiger charge is 2.23. The highest BCUT2D eigenvalue weighted by atomic mass is 16.3. The Morgan fingerprint density at radius 3 is 0.849 bits per heavy atom. The Kier molecular flexibility index (Phi) is 15.0. The Balaban J connectivity index is 0.000000141. The van der Waals surface area contributed by atoms with E-state index in [1.54, 1.807) is 0 Å². The molecule has 8 nitrogen and oxygen atoms in total. The molecule has 0 aliphatic rings. The highest BCUT2D eigenvalue weighted by Crippen LogP contribution is 2.44. The van der Waals surface area contributed by atoms with E-state index in [1.165, 1.54) is 60.1 Å². The van der Waals surface area contributed by atoms with Crippen molar-refractivity contribution in [2.75, 3.05) is 0 Å². The Morgan fingerprint density at radius 2 is 0.406 bits per heavy atom. The summed E-state index contributed by atoms with van der Waals surface area (Å²) in [6, 6.07) is 127. The SMILES string of the molecule is c1ccc(-c2ccc(-c3nc(-c4ccc(-c5cccc6ccccc56)c5ccccc45)nc(-c4cccc5c4oc4ccccc45)n3)cc2)cc1.c1ccc2c(-c3ccc(-c4nc(-c5ccc(-c6cccc7ccccc67)c6ccccc56)nc(-c5cccc6c5oc5ccccc56)n4)cc3)cccc2c1. The average molecular weight is 1350 g/mol. The van der Waals surface area contributed by atoms with Crippen molar-refractivity contribution in [3.63, 3.8) is 0 Å². The molecule has 0 atom stereocenters. The maximum Gasteiger partial charge on any atom is 0.167 e. The predicted octanol–water partition coefficient (Wildman–Crippen LogP) is 26.0. The van der Waals surface area contributed by atoms with E-state index in [9.17, 15) is 0 Å². The van der Waals surface area contributed by atoms with Crippen molar-refractivity contribution in [1.29, 1.82) is 0 Å². The van der Waals surface area contributed by atoms with Crippen molar-refractivity contribution < 1.29 is 8.83 Å². The lowest BCUT2D eigenvalue weighted by Crippen LogP contribution is -2.01. The third-order valence-corrected chi connectivity index (χ3v) is 20.5. The van der Waals surface area contributed by atoms with Crippen LogP contribution in [-0.4, -0.2) is 29.9 Å². The summed E-state index contributed by atoms with van der Waals surface area (Å²) in [5, 5.41) is 15.9. The molecule has 0 bridgehead atoms. The molecule has 21 aromatic rings. The van der Waals surface area contributed by atoms with Gasteiger partial charge in [-0.15, -0.1) is 0 Å². The number of aromatic nitrogens is 6. The lowest BCUT2D eigenvalue weighted by Gasteiger charge is -2.14. The molecule has 106 heavy (non-hydrogen) atoms. The molecule has 0 fully saturated rings. The van der Waals surface area contributed by atoms with Gasteiger partial charge in [0.1, 0.15) is 22.3 Å². The Morgan fingerprint density at radius 1 is 0.142 bits per heavy atom. The van der Waals surface area contributed by atoms with Crippen LogP contribution in [0.5, 0.6) is 0 Å². The largest absolute Gasteiger partial charge is 0.455 e. The smallest absolute Gasteiger partial charge is 0.167 e. The van der Waals surface area contributed by atoms with Gasteiger partial charge in [0.25, 0.3) is 0 Å². The maximum absolute atomic E-state index is 6.50. The van der Waals surface area contributed by atoms with E-state index in [-0.39, 0.29) is 0 Å². The van der Waals surface area contributed by atoms with Gasteiger partial charge in [0.15, 0.2) is 34.9 Å². The monoisotopic (exact) mass is 1350 g/mol. The summed E-state index contributed by atoms with van der Waals surface area (Å²) in [7, 11) is 0. The van der Waals surface area contributed by atoms with E-state index in [2.05, 4.69) is 303 Å². The van der Waals surface area contributed by atoms with Gasteiger partial charge >= 0.3 is 0 Å². The van der Waals surface area contributed by atoms with Crippen LogP contribution in [0, 0.1) is 0 Å². The molecule has 0 saturated heterocycles. The third-order valence-electron chi connectivity index (χ3n) is 20.5. The number of benzene rings is 17. The molecule has 0 unspecified atom stereocenters. The zero-order chi connectivity index (χ0) is 70.0. The standard InChI is InChI=1S/C51H31N3O.C47H29N3O/c1-3-16-36-32(12-1)14-9-21-37(36)34-26-28-35(29-27-34)49-52-50(54-51(53-49)46-24-11-23-44-43-20-7-8-25-47(43)55-48(44)46)45-31-30-42(40-18-5-6-19-41(40)45)39-22-10-15-33-13-2-4-17-38(33)39;1-2-12-30(13-3-1)31-24-26-33(27-25-31)45-48-46(50-47(49-45)42-22-11-21-40-39-19-8-9-23-43(39)51-44(40)42)41-29-28-38(36-17-6-7-18-37(36)41)35-20-10-15-32-14-4-5-16-34(32)35/h1-31H;1-29H. The number of rotatable bonds is 10. The molecule has 0 spiro atoms. The van der Waals surface area contributed by atoms with Crippen LogP contribution in [0.2, 0.25) is 0 Å². The second kappa shape index (κ2) is 25.9. The summed E-state index contributed by atoms with van der Waals surface area (Å²) < 4.78 is 13.0. The summed E-state index contributed by atoms with van der Waals surface area (Å²) in [6.07, 6.45) is 0. The molecule has 8 heteroatoms. The molecule has 17 aromatic carbocycles. The van der Waals surface area contributed by atoms with Crippen LogP contribution in [0.1, 0.15) is 0 Å². The van der Waals surface area contributed by atoms with Gasteiger partial charge in [-0.3, -0.25) is 0 Å². The minimum absolute atomic E-state index is 0.560. The molecule has 0 amide bonds. The Hall–Kier alpha value is -14.3. The fraction of sp³-hybridized carbons (Fsp3) is 0. The minimum Gasteiger partial charge on any atom is -0.455 e. The minimum atomic E-state index is 0.560. The van der Waals surface area contributed by atoms with Crippen molar-refractivity contribution in [2.45, 2.75) is 0 Å². The molecule has 0 aliphatic heterocycles. The first-order valence-corrected chi connectivity index (χ1v) is 35.6. The van der Waals surface area contributed by atoms with Gasteiger partial charge in [0.05, 0.1) is 11.1 Å². The number of hydrogen-bond donors (Lipinski definition) is 0. The second-order valence-electron chi connectivity index (χ2n) is 26.7. The summed E-state index contributed by atoms with van der Waals surface area (Å²) in [6.45, 7) is 0. The summed E-state index contributed by atoms with van der Waals surface area (Å²) in [5.41, 5.74) is 17.9. The quantitative estimate of drug-likeness (QED) is 0.133. The molecular formula is C98H60N6O2. The normalized spacial score (nSPS) is 11.6. The molecule has 4 aromatic heterocycles. The zero-order valence-electron chi connectivity index (χ0n) is 57.1. The van der Waals surface area contributed by atoms with Gasteiger partial charge in [0.2, 0.25) is 0 Å². The highest BCUT2D eigenvalue weighted by molar-refractivity contribution is 6.13. The van der Waals surface area contributed by atoms with Gasteiger partial charge < -0.3 is 8.83 Å². The van der Waals surface area contributed by atoms with E-state index in [0.29, 0.717) is 34.9 Å². The van der Waals surface area contributed by atoms with Crippen molar-refractivity contribution in [3.8, 4) is 113 Å². The first-order chi connectivity index (χ1) is 52.5. The van der Waals surface area contributed by atoms with E-state index >= 15 is 0 Å². The van der Waals surface area contributed by atoms with Crippen LogP contribution in [0.3, 0.4) is 0 Å². The van der Waals surface area contributed by atoms with Crippen LogP contribution in [0.4, 0.5) is 0 Å². The van der Waals surface area contributed by atoms with Crippen molar-refractivity contribution >= 4 is 97.7 Å². The van der Waals surface area contributed by atoms with Crippen molar-refractivity contribution in [2.24, 2.45) is 0 Å². The van der Waals surface area contributed by atoms with Gasteiger partial charge in [-0.2, -0.15) is 0 Å². The number of hydrogen-bond acceptors (Lipinski definition) is 8. The van der Waals surface area contributed by atoms with Crippen LogP contribution in [-0.2, 0) is 0 Å². The first-order valence-electron chi connectivity index (χ1n) is 35.6. The molecular weight excluding hydrogens is 1290 g/mol. The average Bonchev–Trinajstić information content (AvgIpc) is 0.987. The lowest BCUT2D eigenvalue weighted by atomic mass is 9.92. The number of furan rings is 2. The Labute approximate surface area is 609 Å². The van der Waals surface area contributed by atoms with Gasteiger partial charge in [-0.05, 0) is 135 Å². The third kappa shape index (κ3) is 10.9. The first kappa shape index (κ1) is 61.5. The van der Waals surface area contributed by atoms with E-state index in [4.69, 9.17) is 38.7 Å². The summed E-state index contributed by atoms with van der Waals surface area (Å²) >= 11 is 0. The van der Waals surface area contributed by atoms with Crippen molar-refractivity contribution in [3.05, 3.63) is 364 Å². The van der Waals surface area contributed by atoms with Crippen LogP contribution in [0.25, 0.3) is 211 Å². The fourth-order valence-corrected chi connectivity index (χ4v) is 15.4. The van der Waals surface area contributed by atoms with Crippen LogP contribution >= 0.6 is 0 Å². The molecule has 494 valence electrons. The van der Waals surface area contributed by atoms with Crippen LogP contribution in [0.15, 0.2) is 373 Å². The zero-order valence-corrected chi connectivity index (χ0v) is 57.1. The van der Waals surface area contributed by atoms with Gasteiger partial charge in [-0.1, -0.05) is 328 Å². The maximum atomic E-state index is 6.50. The molecule has 0 radical (unpaired) electrons. The van der Waals surface area contributed by atoms with Crippen LogP contribution < -0.4 is 0 Å². The number of fused-ring (bicyclic) bond motifs is 11. The predicted molar refractivity (Wildman–Crippen MR) is 436 cm³/mol. The van der Waals surface area contributed by atoms with Gasteiger partial charge in [0, 0.05) is 43.8 Å². The molecule has 0 N–H and O–H groups in total. The number of nitrogens with zero attached hydrogens (tertiary/aromatic N) is 6. The van der Waals surface area contributed by atoms with E-state index in [1.807, 2.05) is 60.7 Å². The molecule has 21 rings (SSSR count). The summed E-state index contributed by atoms with van der Waals surface area (Å²) in [4.78, 5) is 31.1. The Bertz CT molecular complexity index is 7010. The van der Waals surface area contributed by atoms with Crippen molar-refractivity contribution in [1.82, 2.24) is 29.9 Å². The molecule has 0 aliphatic carbocycles. The topological polar surface area (TPSA) is 104 Å². The molecule has 0 saturated carbocycles. The van der Waals surface area contributed by atoms with E-state index in [0.717, 1.165) is 115 Å².